The van der Waals surface area contributed by atoms with E-state index >= 15 is 0 Å². The topological polar surface area (TPSA) is 222 Å². The summed E-state index contributed by atoms with van der Waals surface area (Å²) in [5.41, 5.74) is 13.3. The maximum absolute atomic E-state index is 14.2. The standard InChI is InChI=1S/C47H52F3N9O7S2/c1-25-37(67-23-55-25)29-10-6-27(7-11-29)18-53-42(62)34-16-32(60)21-58(34)45(65)40(46(3,4)5)57-41(61)31-14-15-36(52-20-31)66-33-17-35(59(22-33)44(64)39(51)47(48,49)50)43(63)54-19-28-8-12-30(13-9-28)38-26(2)56-24-68-38/h6-15,20,23-24,32-35,39-40,60H,16-19,21-22,51H2,1-5H3,(H,53,62)(H,54,63)(H,57,61)/t32-,33-,34+,35+,39?,40-/m1/s1. The summed E-state index contributed by atoms with van der Waals surface area (Å²) in [6.45, 7) is 8.76. The molecule has 2 aromatic carbocycles. The molecular weight excluding hydrogens is 924 g/mol. The predicted molar refractivity (Wildman–Crippen MR) is 248 cm³/mol. The number of aromatic nitrogens is 3. The number of alkyl halides is 3. The van der Waals surface area contributed by atoms with Gasteiger partial charge >= 0.3 is 6.18 Å². The average Bonchev–Trinajstić information content (AvgIpc) is 4.13. The second-order valence-corrected chi connectivity index (χ2v) is 19.6. The number of pyridine rings is 1. The van der Waals surface area contributed by atoms with Crippen molar-refractivity contribution in [3.05, 3.63) is 106 Å². The number of nitrogens with two attached hydrogens (primary N) is 1. The third kappa shape index (κ3) is 11.5. The molecule has 360 valence electrons. The lowest BCUT2D eigenvalue weighted by molar-refractivity contribution is -0.171. The van der Waals surface area contributed by atoms with Gasteiger partial charge in [0.1, 0.15) is 24.2 Å². The van der Waals surface area contributed by atoms with Crippen molar-refractivity contribution in [2.24, 2.45) is 11.1 Å². The summed E-state index contributed by atoms with van der Waals surface area (Å²) in [4.78, 5) is 84.8. The monoisotopic (exact) mass is 975 g/mol. The molecule has 0 radical (unpaired) electrons. The zero-order chi connectivity index (χ0) is 49.1. The molecule has 2 aliphatic rings. The summed E-state index contributed by atoms with van der Waals surface area (Å²) < 4.78 is 46.8. The zero-order valence-electron chi connectivity index (χ0n) is 37.9. The molecule has 6 N–H and O–H groups in total. The Morgan fingerprint density at radius 1 is 0.765 bits per heavy atom. The van der Waals surface area contributed by atoms with Gasteiger partial charge in [-0.2, -0.15) is 13.2 Å². The number of thiazole rings is 2. The van der Waals surface area contributed by atoms with Crippen LogP contribution in [0.1, 0.15) is 66.5 Å². The quantitative estimate of drug-likeness (QED) is 0.101. The molecule has 1 unspecified atom stereocenters. The van der Waals surface area contributed by atoms with Crippen molar-refractivity contribution < 1.29 is 47.0 Å². The molecule has 68 heavy (non-hydrogen) atoms. The Morgan fingerprint density at radius 3 is 1.74 bits per heavy atom. The highest BCUT2D eigenvalue weighted by molar-refractivity contribution is 7.13. The number of carbonyl (C=O) groups excluding carboxylic acids is 5. The van der Waals surface area contributed by atoms with Crippen molar-refractivity contribution >= 4 is 52.2 Å². The van der Waals surface area contributed by atoms with Gasteiger partial charge in [0.15, 0.2) is 6.04 Å². The van der Waals surface area contributed by atoms with Crippen LogP contribution in [0.3, 0.4) is 0 Å². The molecule has 0 spiro atoms. The van der Waals surface area contributed by atoms with Crippen LogP contribution in [-0.2, 0) is 32.3 Å². The molecule has 16 nitrogen and oxygen atoms in total. The molecule has 2 saturated heterocycles. The first-order valence-electron chi connectivity index (χ1n) is 21.8. The molecular formula is C47H52F3N9O7S2. The molecule has 2 aliphatic heterocycles. The number of nitrogens with one attached hydrogen (secondary N) is 3. The van der Waals surface area contributed by atoms with E-state index in [9.17, 15) is 42.3 Å². The van der Waals surface area contributed by atoms with E-state index in [4.69, 9.17) is 10.5 Å². The number of β-amino-alcohol motifs (C(OH)–C–C–N with tert-alkyl or cyclic N) is 1. The van der Waals surface area contributed by atoms with Gasteiger partial charge in [0, 0.05) is 44.7 Å². The molecule has 0 bridgehead atoms. The minimum absolute atomic E-state index is 0.00792. The lowest BCUT2D eigenvalue weighted by atomic mass is 9.85. The number of aryl methyl sites for hydroxylation is 2. The fourth-order valence-electron chi connectivity index (χ4n) is 8.10. The van der Waals surface area contributed by atoms with E-state index in [0.29, 0.717) is 5.56 Å². The molecule has 7 rings (SSSR count). The molecule has 3 aromatic heterocycles. The second-order valence-electron chi connectivity index (χ2n) is 17.9. The third-order valence-corrected chi connectivity index (χ3v) is 13.8. The van der Waals surface area contributed by atoms with E-state index in [2.05, 4.69) is 30.9 Å². The van der Waals surface area contributed by atoms with Crippen LogP contribution in [0.15, 0.2) is 77.9 Å². The van der Waals surface area contributed by atoms with Crippen LogP contribution >= 0.6 is 22.7 Å². The molecule has 5 aromatic rings. The van der Waals surface area contributed by atoms with E-state index in [1.165, 1.54) is 45.9 Å². The van der Waals surface area contributed by atoms with Crippen molar-refractivity contribution in [2.45, 2.75) is 103 Å². The van der Waals surface area contributed by atoms with Gasteiger partial charge in [-0.3, -0.25) is 24.0 Å². The molecule has 5 heterocycles. The van der Waals surface area contributed by atoms with E-state index in [0.717, 1.165) is 42.7 Å². The number of hydrogen-bond acceptors (Lipinski definition) is 13. The average molecular weight is 976 g/mol. The van der Waals surface area contributed by atoms with Gasteiger partial charge in [0.05, 0.1) is 50.4 Å². The molecule has 21 heteroatoms. The Morgan fingerprint density at radius 2 is 1.28 bits per heavy atom. The lowest BCUT2D eigenvalue weighted by Gasteiger charge is -2.35. The van der Waals surface area contributed by atoms with E-state index in [1.54, 1.807) is 43.9 Å². The Hall–Kier alpha value is -6.29. The van der Waals surface area contributed by atoms with Crippen LogP contribution in [0.4, 0.5) is 13.2 Å². The Labute approximate surface area is 398 Å². The summed E-state index contributed by atoms with van der Waals surface area (Å²) in [5, 5.41) is 19.0. The van der Waals surface area contributed by atoms with Gasteiger partial charge in [-0.25, -0.2) is 15.0 Å². The largest absolute Gasteiger partial charge is 0.472 e. The van der Waals surface area contributed by atoms with Crippen molar-refractivity contribution in [2.75, 3.05) is 13.1 Å². The zero-order valence-corrected chi connectivity index (χ0v) is 39.5. The third-order valence-electron chi connectivity index (χ3n) is 11.9. The van der Waals surface area contributed by atoms with Crippen LogP contribution in [0, 0.1) is 19.3 Å². The number of carbonyl (C=O) groups is 5. The van der Waals surface area contributed by atoms with Crippen LogP contribution in [0.5, 0.6) is 5.88 Å². The van der Waals surface area contributed by atoms with Crippen molar-refractivity contribution in [1.29, 1.82) is 0 Å². The summed E-state index contributed by atoms with van der Waals surface area (Å²) in [7, 11) is 0. The number of amides is 5. The summed E-state index contributed by atoms with van der Waals surface area (Å²) in [6, 6.07) is 11.4. The lowest BCUT2D eigenvalue weighted by Crippen LogP contribution is -2.57. The molecule has 2 fully saturated rings. The molecule has 6 atom stereocenters. The van der Waals surface area contributed by atoms with Gasteiger partial charge in [-0.1, -0.05) is 69.3 Å². The first-order chi connectivity index (χ1) is 32.2. The summed E-state index contributed by atoms with van der Waals surface area (Å²) in [5.74, 6) is -3.95. The van der Waals surface area contributed by atoms with Crippen LogP contribution in [0.2, 0.25) is 0 Å². The normalized spacial score (nSPS) is 19.3. The minimum atomic E-state index is -5.06. The number of benzene rings is 2. The number of aliphatic hydroxyl groups excluding tert-OH is 1. The number of aliphatic hydroxyl groups is 1. The summed E-state index contributed by atoms with van der Waals surface area (Å²) >= 11 is 3.03. The molecule has 0 aliphatic carbocycles. The van der Waals surface area contributed by atoms with Crippen molar-refractivity contribution in [3.8, 4) is 26.8 Å². The van der Waals surface area contributed by atoms with Gasteiger partial charge in [-0.15, -0.1) is 22.7 Å². The van der Waals surface area contributed by atoms with E-state index in [1.807, 2.05) is 50.2 Å². The number of nitrogens with zero attached hydrogens (tertiary/aromatic N) is 5. The predicted octanol–water partition coefficient (Wildman–Crippen LogP) is 4.92. The maximum atomic E-state index is 14.2. The number of ether oxygens (including phenoxy) is 1. The van der Waals surface area contributed by atoms with Gasteiger partial charge < -0.3 is 41.3 Å². The van der Waals surface area contributed by atoms with Crippen LogP contribution < -0.4 is 26.4 Å². The van der Waals surface area contributed by atoms with Crippen molar-refractivity contribution in [3.63, 3.8) is 0 Å². The van der Waals surface area contributed by atoms with Crippen molar-refractivity contribution in [1.82, 2.24) is 40.7 Å². The Bertz CT molecular complexity index is 2620. The van der Waals surface area contributed by atoms with Crippen LogP contribution in [-0.4, -0.2) is 115 Å². The Kier molecular flexibility index (Phi) is 15.0. The minimum Gasteiger partial charge on any atom is -0.472 e. The molecule has 0 saturated carbocycles. The number of likely N-dealkylation sites (tertiary alicyclic amines) is 2. The van der Waals surface area contributed by atoms with Gasteiger partial charge in [0.25, 0.3) is 5.91 Å². The van der Waals surface area contributed by atoms with Crippen LogP contribution in [0.25, 0.3) is 20.9 Å². The highest BCUT2D eigenvalue weighted by Gasteiger charge is 2.50. The maximum Gasteiger partial charge on any atom is 0.412 e. The Balaban J connectivity index is 0.968. The van der Waals surface area contributed by atoms with E-state index < -0.39 is 84.0 Å². The van der Waals surface area contributed by atoms with Gasteiger partial charge in [-0.05, 0) is 47.6 Å². The number of hydrogen-bond donors (Lipinski definition) is 5. The smallest absolute Gasteiger partial charge is 0.412 e. The van der Waals surface area contributed by atoms with Gasteiger partial charge in [0.2, 0.25) is 29.5 Å². The SMILES string of the molecule is Cc1ncsc1-c1ccc(CNC(=O)[C@@H]2C[C@@H](Oc3ccc(C(=O)N[C@H](C(=O)N4C[C@H](O)C[C@H]4C(=O)NCc4ccc(-c5scnc5C)cc4)C(C)(C)C)cn3)CN2C(=O)C(N)C(F)(F)F)cc1. The summed E-state index contributed by atoms with van der Waals surface area (Å²) in [6.07, 6.45) is -6.01. The highest BCUT2D eigenvalue weighted by atomic mass is 32.1. The highest BCUT2D eigenvalue weighted by Crippen LogP contribution is 2.31. The first kappa shape index (κ1) is 49.6. The first-order valence-corrected chi connectivity index (χ1v) is 23.5. The number of rotatable bonds is 14. The fraction of sp³-hybridized carbons (Fsp3) is 0.404. The molecule has 5 amide bonds. The van der Waals surface area contributed by atoms with E-state index in [-0.39, 0.29) is 43.9 Å². The fourth-order valence-corrected chi connectivity index (χ4v) is 9.73. The second kappa shape index (κ2) is 20.5. The number of halogens is 3.